The summed E-state index contributed by atoms with van der Waals surface area (Å²) in [5, 5.41) is 0. The van der Waals surface area contributed by atoms with Crippen molar-refractivity contribution in [1.82, 2.24) is 9.55 Å². The lowest BCUT2D eigenvalue weighted by Crippen LogP contribution is -2.25. The second kappa shape index (κ2) is 6.09. The number of aromatic nitrogens is 2. The molecule has 1 saturated heterocycles. The fraction of sp³-hybridized carbons (Fsp3) is 0.533. The molecule has 1 atom stereocenters. The normalized spacial score (nSPS) is 22.3. The van der Waals surface area contributed by atoms with Gasteiger partial charge in [-0.15, -0.1) is 11.6 Å². The van der Waals surface area contributed by atoms with E-state index in [-0.39, 0.29) is 10.6 Å². The lowest BCUT2D eigenvalue weighted by atomic mass is 10.1. The maximum atomic E-state index is 13.9. The van der Waals surface area contributed by atoms with Crippen LogP contribution in [0.2, 0.25) is 0 Å². The van der Waals surface area contributed by atoms with Crippen molar-refractivity contribution in [2.45, 2.75) is 37.5 Å². The summed E-state index contributed by atoms with van der Waals surface area (Å²) in [6, 6.07) is 3.33. The molecule has 1 aliphatic heterocycles. The molecule has 0 aliphatic carbocycles. The number of aryl methyl sites for hydroxylation is 1. The van der Waals surface area contributed by atoms with Crippen LogP contribution in [-0.2, 0) is 13.0 Å². The second-order valence-corrected chi connectivity index (χ2v) is 8.62. The Labute approximate surface area is 141 Å². The third-order valence-electron chi connectivity index (χ3n) is 3.98. The van der Waals surface area contributed by atoms with E-state index in [0.29, 0.717) is 16.8 Å². The Morgan fingerprint density at radius 3 is 3.00 bits per heavy atom. The summed E-state index contributed by atoms with van der Waals surface area (Å²) < 4.78 is 16.7. The summed E-state index contributed by atoms with van der Waals surface area (Å²) >= 11 is 11.1. The van der Waals surface area contributed by atoms with Crippen LogP contribution in [0.1, 0.15) is 25.6 Å². The third kappa shape index (κ3) is 3.10. The summed E-state index contributed by atoms with van der Waals surface area (Å²) in [7, 11) is 0. The van der Waals surface area contributed by atoms with Gasteiger partial charge in [0.15, 0.2) is 0 Å². The number of nitrogens with zero attached hydrogens (tertiary/aromatic N) is 2. The topological polar surface area (TPSA) is 17.8 Å². The van der Waals surface area contributed by atoms with E-state index < -0.39 is 0 Å². The lowest BCUT2D eigenvalue weighted by Gasteiger charge is -2.24. The average Bonchev–Trinajstić information content (AvgIpc) is 2.98. The maximum absolute atomic E-state index is 13.9. The van der Waals surface area contributed by atoms with E-state index in [2.05, 4.69) is 32.4 Å². The zero-order chi connectivity index (χ0) is 15.0. The molecule has 1 unspecified atom stereocenters. The maximum Gasteiger partial charge on any atom is 0.139 e. The van der Waals surface area contributed by atoms with Gasteiger partial charge in [-0.3, -0.25) is 0 Å². The number of hydrogen-bond donors (Lipinski definition) is 0. The number of imidazole rings is 1. The Hall–Kier alpha value is -0.260. The minimum atomic E-state index is -0.245. The van der Waals surface area contributed by atoms with Gasteiger partial charge in [0, 0.05) is 29.7 Å². The van der Waals surface area contributed by atoms with E-state index in [4.69, 9.17) is 11.6 Å². The number of benzene rings is 1. The molecule has 0 bridgehead atoms. The zero-order valence-corrected chi connectivity index (χ0v) is 15.0. The highest BCUT2D eigenvalue weighted by Gasteiger charge is 2.31. The van der Waals surface area contributed by atoms with Crippen molar-refractivity contribution in [1.29, 1.82) is 0 Å². The predicted octanol–water partition coefficient (Wildman–Crippen LogP) is 5.00. The Balaban J connectivity index is 2.08. The molecule has 0 spiro atoms. The first-order chi connectivity index (χ1) is 10.0. The average molecular weight is 392 g/mol. The van der Waals surface area contributed by atoms with Crippen LogP contribution >= 0.6 is 39.3 Å². The molecule has 114 valence electrons. The van der Waals surface area contributed by atoms with E-state index in [1.54, 1.807) is 12.1 Å². The van der Waals surface area contributed by atoms with Gasteiger partial charge in [-0.25, -0.2) is 9.37 Å². The fourth-order valence-electron chi connectivity index (χ4n) is 2.92. The molecule has 1 fully saturated rings. The minimum Gasteiger partial charge on any atom is -0.326 e. The van der Waals surface area contributed by atoms with Crippen molar-refractivity contribution in [2.75, 3.05) is 11.6 Å². The van der Waals surface area contributed by atoms with Gasteiger partial charge in [0.25, 0.3) is 0 Å². The standard InChI is InChI=1S/C15H17BrClFN2S/c1-15(4-2-6-21-15)9-20-13-8-11(18)10(16)7-12(13)19-14(20)3-5-17/h7-8H,2-6,9H2,1H3. The molecule has 1 aromatic heterocycles. The highest BCUT2D eigenvalue weighted by molar-refractivity contribution is 9.10. The molecular weight excluding hydrogens is 375 g/mol. The molecule has 0 radical (unpaired) electrons. The third-order valence-corrected chi connectivity index (χ3v) is 6.30. The van der Waals surface area contributed by atoms with Crippen molar-refractivity contribution in [3.8, 4) is 0 Å². The first kappa shape index (κ1) is 15.6. The molecule has 0 N–H and O–H groups in total. The number of alkyl halides is 1. The Bertz CT molecular complexity index is 667. The predicted molar refractivity (Wildman–Crippen MR) is 91.9 cm³/mol. The summed E-state index contributed by atoms with van der Waals surface area (Å²) in [5.74, 6) is 2.43. The molecule has 2 aromatic rings. The quantitative estimate of drug-likeness (QED) is 0.682. The van der Waals surface area contributed by atoms with Crippen LogP contribution in [0.5, 0.6) is 0 Å². The summed E-state index contributed by atoms with van der Waals surface area (Å²) in [4.78, 5) is 4.65. The first-order valence-electron chi connectivity index (χ1n) is 7.06. The molecule has 6 heteroatoms. The van der Waals surface area contributed by atoms with Gasteiger partial charge in [0.2, 0.25) is 0 Å². The highest BCUT2D eigenvalue weighted by atomic mass is 79.9. The Kier molecular flexibility index (Phi) is 4.53. The zero-order valence-electron chi connectivity index (χ0n) is 11.8. The second-order valence-electron chi connectivity index (χ2n) is 5.71. The first-order valence-corrected chi connectivity index (χ1v) is 9.38. The van der Waals surface area contributed by atoms with Crippen LogP contribution in [0, 0.1) is 5.82 Å². The number of hydrogen-bond acceptors (Lipinski definition) is 2. The minimum absolute atomic E-state index is 0.207. The van der Waals surface area contributed by atoms with Crippen molar-refractivity contribution >= 4 is 50.3 Å². The molecular formula is C15H17BrClFN2S. The molecule has 2 nitrogen and oxygen atoms in total. The molecule has 1 aliphatic rings. The van der Waals surface area contributed by atoms with Crippen molar-refractivity contribution in [2.24, 2.45) is 0 Å². The summed E-state index contributed by atoms with van der Waals surface area (Å²) in [5.41, 5.74) is 1.69. The monoisotopic (exact) mass is 390 g/mol. The van der Waals surface area contributed by atoms with Gasteiger partial charge in [0.1, 0.15) is 11.6 Å². The molecule has 0 amide bonds. The highest BCUT2D eigenvalue weighted by Crippen LogP contribution is 2.40. The fourth-order valence-corrected chi connectivity index (χ4v) is 4.71. The molecule has 2 heterocycles. The smallest absolute Gasteiger partial charge is 0.139 e. The van der Waals surface area contributed by atoms with E-state index in [1.807, 2.05) is 11.8 Å². The van der Waals surface area contributed by atoms with Gasteiger partial charge in [-0.1, -0.05) is 0 Å². The SMILES string of the molecule is CC1(Cn2c(CCCl)nc3cc(Br)c(F)cc32)CCCS1. The van der Waals surface area contributed by atoms with Crippen LogP contribution in [0.25, 0.3) is 11.0 Å². The van der Waals surface area contributed by atoms with Crippen LogP contribution in [0.3, 0.4) is 0 Å². The van der Waals surface area contributed by atoms with E-state index in [0.717, 1.165) is 23.4 Å². The molecule has 21 heavy (non-hydrogen) atoms. The van der Waals surface area contributed by atoms with Crippen molar-refractivity contribution in [3.05, 3.63) is 28.2 Å². The largest absolute Gasteiger partial charge is 0.326 e. The number of thioether (sulfide) groups is 1. The van der Waals surface area contributed by atoms with Crippen LogP contribution in [0.4, 0.5) is 4.39 Å². The summed E-state index contributed by atoms with van der Waals surface area (Å²) in [6.07, 6.45) is 3.14. The van der Waals surface area contributed by atoms with Gasteiger partial charge < -0.3 is 4.57 Å². The van der Waals surface area contributed by atoms with Gasteiger partial charge >= 0.3 is 0 Å². The van der Waals surface area contributed by atoms with E-state index in [9.17, 15) is 4.39 Å². The molecule has 1 aromatic carbocycles. The van der Waals surface area contributed by atoms with Crippen LogP contribution in [-0.4, -0.2) is 25.9 Å². The number of rotatable bonds is 4. The van der Waals surface area contributed by atoms with Crippen molar-refractivity contribution in [3.63, 3.8) is 0 Å². The van der Waals surface area contributed by atoms with Crippen LogP contribution < -0.4 is 0 Å². The number of halogens is 3. The Morgan fingerprint density at radius 1 is 1.52 bits per heavy atom. The van der Waals surface area contributed by atoms with E-state index in [1.165, 1.54) is 18.6 Å². The number of fused-ring (bicyclic) bond motifs is 1. The van der Waals surface area contributed by atoms with Gasteiger partial charge in [0.05, 0.1) is 15.5 Å². The summed E-state index contributed by atoms with van der Waals surface area (Å²) in [6.45, 7) is 3.15. The lowest BCUT2D eigenvalue weighted by molar-refractivity contribution is 0.506. The molecule has 3 rings (SSSR count). The van der Waals surface area contributed by atoms with E-state index >= 15 is 0 Å². The van der Waals surface area contributed by atoms with Crippen LogP contribution in [0.15, 0.2) is 16.6 Å². The van der Waals surface area contributed by atoms with Crippen molar-refractivity contribution < 1.29 is 4.39 Å². The Morgan fingerprint density at radius 2 is 2.33 bits per heavy atom. The van der Waals surface area contributed by atoms with Gasteiger partial charge in [-0.2, -0.15) is 11.8 Å². The van der Waals surface area contributed by atoms with Gasteiger partial charge in [-0.05, 0) is 47.5 Å². The molecule has 0 saturated carbocycles.